The number of nitrogens with zero attached hydrogens (tertiary/aromatic N) is 2. The van der Waals surface area contributed by atoms with Crippen molar-refractivity contribution in [3.63, 3.8) is 0 Å². The first kappa shape index (κ1) is 12.4. The molecule has 0 spiro atoms. The average Bonchev–Trinajstić information content (AvgIpc) is 3.15. The number of pyridine rings is 1. The van der Waals surface area contributed by atoms with Crippen LogP contribution in [0, 0.1) is 11.8 Å². The third-order valence-corrected chi connectivity index (χ3v) is 4.20. The highest BCUT2D eigenvalue weighted by Gasteiger charge is 2.42. The van der Waals surface area contributed by atoms with Crippen LogP contribution in [0.4, 0.5) is 0 Å². The molecule has 19 heavy (non-hydrogen) atoms. The zero-order valence-corrected chi connectivity index (χ0v) is 10.9. The molecule has 0 aromatic carbocycles. The van der Waals surface area contributed by atoms with Gasteiger partial charge in [-0.05, 0) is 30.7 Å². The number of aromatic nitrogens is 1. The van der Waals surface area contributed by atoms with Crippen molar-refractivity contribution < 1.29 is 4.79 Å². The third kappa shape index (κ3) is 2.56. The Morgan fingerprint density at radius 2 is 2.11 bits per heavy atom. The molecule has 3 rings (SSSR count). The Bertz CT molecular complexity index is 535. The number of hydrogen-bond acceptors (Lipinski definition) is 3. The highest BCUT2D eigenvalue weighted by atomic mass is 16.2. The summed E-state index contributed by atoms with van der Waals surface area (Å²) in [4.78, 5) is 25.6. The van der Waals surface area contributed by atoms with Crippen LogP contribution in [0.25, 0.3) is 0 Å². The van der Waals surface area contributed by atoms with Gasteiger partial charge >= 0.3 is 0 Å². The third-order valence-electron chi connectivity index (χ3n) is 4.20. The van der Waals surface area contributed by atoms with Crippen molar-refractivity contribution in [2.45, 2.75) is 25.4 Å². The van der Waals surface area contributed by atoms with E-state index in [1.54, 1.807) is 18.3 Å². The fourth-order valence-electron chi connectivity index (χ4n) is 2.92. The van der Waals surface area contributed by atoms with Crippen LogP contribution in [-0.4, -0.2) is 34.5 Å². The molecule has 1 amide bonds. The van der Waals surface area contributed by atoms with E-state index in [1.807, 2.05) is 4.90 Å². The summed E-state index contributed by atoms with van der Waals surface area (Å²) in [7, 11) is 0. The lowest BCUT2D eigenvalue weighted by molar-refractivity contribution is -0.131. The molecule has 5 nitrogen and oxygen atoms in total. The van der Waals surface area contributed by atoms with Crippen LogP contribution in [0.3, 0.4) is 0 Å². The monoisotopic (exact) mass is 261 g/mol. The average molecular weight is 261 g/mol. The number of rotatable bonds is 3. The van der Waals surface area contributed by atoms with E-state index in [0.717, 1.165) is 6.54 Å². The second-order valence-corrected chi connectivity index (χ2v) is 5.63. The molecule has 5 heteroatoms. The number of carbonyl (C=O) groups excluding carboxylic acids is 1. The zero-order valence-electron chi connectivity index (χ0n) is 10.9. The van der Waals surface area contributed by atoms with E-state index in [2.05, 4.69) is 0 Å². The molecule has 2 unspecified atom stereocenters. The summed E-state index contributed by atoms with van der Waals surface area (Å²) < 4.78 is 1.44. The van der Waals surface area contributed by atoms with Crippen molar-refractivity contribution >= 4 is 5.91 Å². The SMILES string of the molecule is NC1CN(C(=O)Cn2ccccc2=O)CC1C1CC1. The fourth-order valence-corrected chi connectivity index (χ4v) is 2.92. The van der Waals surface area contributed by atoms with E-state index in [4.69, 9.17) is 5.73 Å². The normalized spacial score (nSPS) is 26.7. The van der Waals surface area contributed by atoms with Crippen molar-refractivity contribution in [2.75, 3.05) is 13.1 Å². The largest absolute Gasteiger partial charge is 0.339 e. The number of likely N-dealkylation sites (tertiary alicyclic amines) is 1. The summed E-state index contributed by atoms with van der Waals surface area (Å²) in [5.74, 6) is 1.16. The van der Waals surface area contributed by atoms with Gasteiger partial charge in [0.15, 0.2) is 0 Å². The Kier molecular flexibility index (Phi) is 3.14. The van der Waals surface area contributed by atoms with Gasteiger partial charge in [-0.3, -0.25) is 9.59 Å². The molecule has 2 N–H and O–H groups in total. The smallest absolute Gasteiger partial charge is 0.250 e. The molecular formula is C14H19N3O2. The van der Waals surface area contributed by atoms with Crippen LogP contribution < -0.4 is 11.3 Å². The predicted octanol–water partition coefficient (Wildman–Crippen LogP) is 0.0440. The summed E-state index contributed by atoms with van der Waals surface area (Å²) in [6, 6.07) is 5.01. The van der Waals surface area contributed by atoms with Gasteiger partial charge < -0.3 is 15.2 Å². The molecule has 1 aliphatic carbocycles. The summed E-state index contributed by atoms with van der Waals surface area (Å²) in [5.41, 5.74) is 5.97. The molecule has 1 saturated carbocycles. The highest BCUT2D eigenvalue weighted by Crippen LogP contribution is 2.40. The van der Waals surface area contributed by atoms with Gasteiger partial charge in [-0.15, -0.1) is 0 Å². The van der Waals surface area contributed by atoms with Gasteiger partial charge in [0, 0.05) is 31.4 Å². The second kappa shape index (κ2) is 4.81. The molecular weight excluding hydrogens is 242 g/mol. The Labute approximate surface area is 112 Å². The quantitative estimate of drug-likeness (QED) is 0.835. The molecule has 1 aromatic rings. The van der Waals surface area contributed by atoms with Crippen LogP contribution in [0.1, 0.15) is 12.8 Å². The number of carbonyl (C=O) groups is 1. The van der Waals surface area contributed by atoms with Gasteiger partial charge in [0.1, 0.15) is 6.54 Å². The van der Waals surface area contributed by atoms with Crippen LogP contribution in [0.15, 0.2) is 29.2 Å². The second-order valence-electron chi connectivity index (χ2n) is 5.63. The van der Waals surface area contributed by atoms with E-state index in [0.29, 0.717) is 18.4 Å². The first-order valence-corrected chi connectivity index (χ1v) is 6.84. The standard InChI is InChI=1S/C14H19N3O2/c15-12-8-17(7-11(12)10-4-5-10)14(19)9-16-6-2-1-3-13(16)18/h1-3,6,10-12H,4-5,7-9,15H2. The number of nitrogens with two attached hydrogens (primary N) is 1. The molecule has 1 aromatic heterocycles. The van der Waals surface area contributed by atoms with E-state index in [1.165, 1.54) is 23.5 Å². The van der Waals surface area contributed by atoms with E-state index in [-0.39, 0.29) is 24.1 Å². The Hall–Kier alpha value is -1.62. The molecule has 2 aliphatic rings. The van der Waals surface area contributed by atoms with Crippen molar-refractivity contribution in [3.8, 4) is 0 Å². The van der Waals surface area contributed by atoms with E-state index in [9.17, 15) is 9.59 Å². The minimum atomic E-state index is -0.141. The van der Waals surface area contributed by atoms with Crippen molar-refractivity contribution in [1.82, 2.24) is 9.47 Å². The fraction of sp³-hybridized carbons (Fsp3) is 0.571. The molecule has 2 fully saturated rings. The maximum Gasteiger partial charge on any atom is 0.250 e. The van der Waals surface area contributed by atoms with E-state index < -0.39 is 0 Å². The van der Waals surface area contributed by atoms with Crippen LogP contribution >= 0.6 is 0 Å². The molecule has 1 aliphatic heterocycles. The van der Waals surface area contributed by atoms with Gasteiger partial charge in [-0.25, -0.2) is 0 Å². The summed E-state index contributed by atoms with van der Waals surface area (Å²) in [5, 5.41) is 0. The number of hydrogen-bond donors (Lipinski definition) is 1. The predicted molar refractivity (Wildman–Crippen MR) is 71.5 cm³/mol. The van der Waals surface area contributed by atoms with Crippen LogP contribution in [0.2, 0.25) is 0 Å². The van der Waals surface area contributed by atoms with Crippen molar-refractivity contribution in [2.24, 2.45) is 17.6 Å². The maximum absolute atomic E-state index is 12.2. The molecule has 2 atom stereocenters. The molecule has 0 bridgehead atoms. The van der Waals surface area contributed by atoms with Gasteiger partial charge in [0.2, 0.25) is 5.91 Å². The van der Waals surface area contributed by atoms with Crippen molar-refractivity contribution in [1.29, 1.82) is 0 Å². The first-order chi connectivity index (χ1) is 9.15. The molecule has 2 heterocycles. The minimum absolute atomic E-state index is 0.00750. The highest BCUT2D eigenvalue weighted by molar-refractivity contribution is 5.76. The van der Waals surface area contributed by atoms with Gasteiger partial charge in [0.25, 0.3) is 5.56 Å². The lowest BCUT2D eigenvalue weighted by atomic mass is 9.99. The lowest BCUT2D eigenvalue weighted by Gasteiger charge is -2.16. The summed E-state index contributed by atoms with van der Waals surface area (Å²) >= 11 is 0. The minimum Gasteiger partial charge on any atom is -0.339 e. The summed E-state index contributed by atoms with van der Waals surface area (Å²) in [6.45, 7) is 1.50. The Morgan fingerprint density at radius 1 is 1.32 bits per heavy atom. The van der Waals surface area contributed by atoms with Crippen molar-refractivity contribution in [3.05, 3.63) is 34.7 Å². The summed E-state index contributed by atoms with van der Waals surface area (Å²) in [6.07, 6.45) is 4.14. The zero-order chi connectivity index (χ0) is 13.4. The molecule has 1 saturated heterocycles. The van der Waals surface area contributed by atoms with Gasteiger partial charge in [-0.1, -0.05) is 6.07 Å². The van der Waals surface area contributed by atoms with Crippen LogP contribution in [-0.2, 0) is 11.3 Å². The topological polar surface area (TPSA) is 68.3 Å². The van der Waals surface area contributed by atoms with Gasteiger partial charge in [0.05, 0.1) is 0 Å². The van der Waals surface area contributed by atoms with E-state index >= 15 is 0 Å². The Morgan fingerprint density at radius 3 is 2.79 bits per heavy atom. The number of amides is 1. The van der Waals surface area contributed by atoms with Crippen LogP contribution in [0.5, 0.6) is 0 Å². The Balaban J connectivity index is 1.65. The lowest BCUT2D eigenvalue weighted by Crippen LogP contribution is -2.36. The molecule has 102 valence electrons. The maximum atomic E-state index is 12.2. The first-order valence-electron chi connectivity index (χ1n) is 6.84. The molecule has 0 radical (unpaired) electrons. The van der Waals surface area contributed by atoms with Gasteiger partial charge in [-0.2, -0.15) is 0 Å².